The summed E-state index contributed by atoms with van der Waals surface area (Å²) in [6, 6.07) is 68.1. The summed E-state index contributed by atoms with van der Waals surface area (Å²) in [7, 11) is 0. The largest absolute Gasteiger partial charge is 0.340 e. The molecule has 0 amide bonds. The van der Waals surface area contributed by atoms with Gasteiger partial charge in [-0.15, -0.1) is 0 Å². The van der Waals surface area contributed by atoms with Crippen molar-refractivity contribution in [3.8, 4) is 22.3 Å². The predicted molar refractivity (Wildman–Crippen MR) is 297 cm³/mol. The normalized spacial score (nSPS) is 12.1. The molecule has 2 heterocycles. The lowest BCUT2D eigenvalue weighted by molar-refractivity contribution is 0.602. The standard InChI is InChI=1S/C66H60N2/c1-3-5-7-19-41-67-61-37-33-49(31-29-47-21-11-9-12-22-47)43-57(61)59-45-51(35-39-63(59)67)65-53-25-15-17-27-55(53)66(56-28-18-16-26-54(56)65)52-36-40-64-60(46-52)58-44-50(32-30-48-23-13-10-14-24-48)34-38-62(58)68(64)42-20-8-6-4-2/h9-18,21-40,43-46H,3-8,19-20,41-42H2,1-2H3/b31-29+,32-30+. The maximum absolute atomic E-state index is 2.58. The number of hydrogen-bond donors (Lipinski definition) is 0. The lowest BCUT2D eigenvalue weighted by Gasteiger charge is -2.18. The molecule has 0 bridgehead atoms. The summed E-state index contributed by atoms with van der Waals surface area (Å²) in [5, 5.41) is 10.4. The molecule has 9 aromatic carbocycles. The van der Waals surface area contributed by atoms with Crippen LogP contribution in [-0.4, -0.2) is 9.13 Å². The molecule has 0 unspecified atom stereocenters. The lowest BCUT2D eigenvalue weighted by Crippen LogP contribution is -1.98. The van der Waals surface area contributed by atoms with Crippen molar-refractivity contribution in [1.82, 2.24) is 9.13 Å². The van der Waals surface area contributed by atoms with Gasteiger partial charge in [0, 0.05) is 56.7 Å². The number of hydrogen-bond acceptors (Lipinski definition) is 0. The Labute approximate surface area is 401 Å². The number of aryl methyl sites for hydroxylation is 2. The van der Waals surface area contributed by atoms with Crippen LogP contribution >= 0.6 is 0 Å². The van der Waals surface area contributed by atoms with E-state index >= 15 is 0 Å². The van der Waals surface area contributed by atoms with E-state index in [4.69, 9.17) is 0 Å². The third kappa shape index (κ3) is 8.34. The van der Waals surface area contributed by atoms with Crippen LogP contribution in [0.25, 0.3) is 112 Å². The minimum Gasteiger partial charge on any atom is -0.340 e. The summed E-state index contributed by atoms with van der Waals surface area (Å²) in [5.74, 6) is 0. The van der Waals surface area contributed by atoms with Crippen LogP contribution in [-0.2, 0) is 13.1 Å². The van der Waals surface area contributed by atoms with Crippen molar-refractivity contribution in [2.45, 2.75) is 78.3 Å². The minimum absolute atomic E-state index is 1.02. The molecule has 2 aromatic heterocycles. The van der Waals surface area contributed by atoms with Crippen LogP contribution in [0.4, 0.5) is 0 Å². The van der Waals surface area contributed by atoms with Gasteiger partial charge in [0.15, 0.2) is 0 Å². The molecule has 0 aliphatic carbocycles. The van der Waals surface area contributed by atoms with Gasteiger partial charge in [0.2, 0.25) is 0 Å². The molecule has 0 saturated heterocycles. The Morgan fingerprint density at radius 1 is 0.294 bits per heavy atom. The van der Waals surface area contributed by atoms with Gasteiger partial charge in [0.25, 0.3) is 0 Å². The van der Waals surface area contributed by atoms with Crippen molar-refractivity contribution in [3.63, 3.8) is 0 Å². The average molecular weight is 881 g/mol. The topological polar surface area (TPSA) is 9.86 Å². The van der Waals surface area contributed by atoms with Crippen molar-refractivity contribution in [2.24, 2.45) is 0 Å². The predicted octanol–water partition coefficient (Wildman–Crippen LogP) is 19.0. The van der Waals surface area contributed by atoms with Crippen molar-refractivity contribution in [3.05, 3.63) is 204 Å². The molecule has 11 aromatic rings. The third-order valence-corrected chi connectivity index (χ3v) is 14.3. The summed E-state index contributed by atoms with van der Waals surface area (Å²) >= 11 is 0. The summed E-state index contributed by atoms with van der Waals surface area (Å²) in [6.45, 7) is 6.63. The highest BCUT2D eigenvalue weighted by Gasteiger charge is 2.20. The molecular weight excluding hydrogens is 821 g/mol. The molecule has 0 radical (unpaired) electrons. The highest BCUT2D eigenvalue weighted by Crippen LogP contribution is 2.46. The molecule has 2 nitrogen and oxygen atoms in total. The summed E-state index contributed by atoms with van der Waals surface area (Å²) in [6.07, 6.45) is 18.8. The van der Waals surface area contributed by atoms with Crippen molar-refractivity contribution < 1.29 is 0 Å². The maximum atomic E-state index is 2.58. The summed E-state index contributed by atoms with van der Waals surface area (Å²) < 4.78 is 5.16. The van der Waals surface area contributed by atoms with Gasteiger partial charge in [0.05, 0.1) is 0 Å². The second-order valence-corrected chi connectivity index (χ2v) is 18.8. The lowest BCUT2D eigenvalue weighted by atomic mass is 9.85. The van der Waals surface area contributed by atoms with Gasteiger partial charge >= 0.3 is 0 Å². The molecule has 2 heteroatoms. The van der Waals surface area contributed by atoms with Crippen LogP contribution in [0.3, 0.4) is 0 Å². The molecule has 0 saturated carbocycles. The first kappa shape index (κ1) is 43.2. The van der Waals surface area contributed by atoms with Crippen LogP contribution in [0.1, 0.15) is 87.5 Å². The molecule has 0 spiro atoms. The van der Waals surface area contributed by atoms with Crippen LogP contribution in [0.15, 0.2) is 182 Å². The fraction of sp³-hybridized carbons (Fsp3) is 0.182. The van der Waals surface area contributed by atoms with Gasteiger partial charge < -0.3 is 9.13 Å². The molecule has 0 aliphatic rings. The molecule has 0 atom stereocenters. The number of nitrogens with zero attached hydrogens (tertiary/aromatic N) is 2. The molecular formula is C66H60N2. The zero-order chi connectivity index (χ0) is 45.8. The number of rotatable bonds is 16. The zero-order valence-corrected chi connectivity index (χ0v) is 39.6. The second-order valence-electron chi connectivity index (χ2n) is 18.8. The van der Waals surface area contributed by atoms with Crippen LogP contribution in [0, 0.1) is 0 Å². The Bertz CT molecular complexity index is 3340. The molecule has 0 fully saturated rings. The van der Waals surface area contributed by atoms with E-state index in [1.807, 2.05) is 0 Å². The third-order valence-electron chi connectivity index (χ3n) is 14.3. The van der Waals surface area contributed by atoms with E-state index in [0.717, 1.165) is 13.1 Å². The number of unbranched alkanes of at least 4 members (excludes halogenated alkanes) is 6. The van der Waals surface area contributed by atoms with Gasteiger partial charge in [0.1, 0.15) is 0 Å². The Balaban J connectivity index is 1.07. The molecule has 68 heavy (non-hydrogen) atoms. The Morgan fingerprint density at radius 2 is 0.632 bits per heavy atom. The van der Waals surface area contributed by atoms with Gasteiger partial charge in [-0.05, 0) is 127 Å². The summed E-state index contributed by atoms with van der Waals surface area (Å²) in [5.41, 5.74) is 15.2. The van der Waals surface area contributed by atoms with Crippen molar-refractivity contribution in [1.29, 1.82) is 0 Å². The first-order valence-corrected chi connectivity index (χ1v) is 25.2. The number of aromatic nitrogens is 2. The van der Waals surface area contributed by atoms with Gasteiger partial charge in [-0.3, -0.25) is 0 Å². The highest BCUT2D eigenvalue weighted by molar-refractivity contribution is 6.23. The minimum atomic E-state index is 1.02. The monoisotopic (exact) mass is 880 g/mol. The molecule has 0 N–H and O–H groups in total. The number of benzene rings is 9. The highest BCUT2D eigenvalue weighted by atomic mass is 15.0. The van der Waals surface area contributed by atoms with Crippen LogP contribution < -0.4 is 0 Å². The van der Waals surface area contributed by atoms with Crippen molar-refractivity contribution >= 4 is 89.5 Å². The molecule has 11 rings (SSSR count). The van der Waals surface area contributed by atoms with E-state index in [0.29, 0.717) is 0 Å². The molecule has 334 valence electrons. The van der Waals surface area contributed by atoms with Crippen molar-refractivity contribution in [2.75, 3.05) is 0 Å². The Morgan fingerprint density at radius 3 is 1.01 bits per heavy atom. The average Bonchev–Trinajstić information content (AvgIpc) is 3.87. The number of fused-ring (bicyclic) bond motifs is 8. The summed E-state index contributed by atoms with van der Waals surface area (Å²) in [4.78, 5) is 0. The van der Waals surface area contributed by atoms with Crippen LogP contribution in [0.5, 0.6) is 0 Å². The van der Waals surface area contributed by atoms with E-state index in [1.165, 1.54) is 161 Å². The van der Waals surface area contributed by atoms with E-state index in [9.17, 15) is 0 Å². The van der Waals surface area contributed by atoms with E-state index in [1.54, 1.807) is 0 Å². The van der Waals surface area contributed by atoms with Gasteiger partial charge in [-0.25, -0.2) is 0 Å². The van der Waals surface area contributed by atoms with E-state index in [-0.39, 0.29) is 0 Å². The fourth-order valence-corrected chi connectivity index (χ4v) is 10.9. The fourth-order valence-electron chi connectivity index (χ4n) is 10.9. The van der Waals surface area contributed by atoms with Gasteiger partial charge in [-0.1, -0.05) is 210 Å². The first-order valence-electron chi connectivity index (χ1n) is 25.2. The molecule has 0 aliphatic heterocycles. The van der Waals surface area contributed by atoms with E-state index < -0.39 is 0 Å². The Kier molecular flexibility index (Phi) is 12.3. The zero-order valence-electron chi connectivity index (χ0n) is 39.6. The smallest absolute Gasteiger partial charge is 0.0491 e. The van der Waals surface area contributed by atoms with Gasteiger partial charge in [-0.2, -0.15) is 0 Å². The quantitative estimate of drug-likeness (QED) is 0.0520. The van der Waals surface area contributed by atoms with Crippen LogP contribution in [0.2, 0.25) is 0 Å². The SMILES string of the molecule is CCCCCCn1c2ccc(/C=C/c3ccccc3)cc2c2cc(-c3c4ccccc4c(-c4ccc5c(c4)c4cc(/C=C/c6ccccc6)ccc4n5CCCCCC)c4ccccc34)ccc21. The first-order chi connectivity index (χ1) is 33.7. The van der Waals surface area contributed by atoms with E-state index in [2.05, 4.69) is 229 Å². The maximum Gasteiger partial charge on any atom is 0.0491 e. The Hall–Kier alpha value is -7.42. The second kappa shape index (κ2) is 19.4.